The maximum Gasteiger partial charge on any atom is 0.273 e. The van der Waals surface area contributed by atoms with E-state index >= 15 is 0 Å². The lowest BCUT2D eigenvalue weighted by Crippen LogP contribution is -2.17. The lowest BCUT2D eigenvalue weighted by atomic mass is 10.1. The van der Waals surface area contributed by atoms with E-state index in [4.69, 9.17) is 14.6 Å². The van der Waals surface area contributed by atoms with Crippen molar-refractivity contribution >= 4 is 55.4 Å². The smallest absolute Gasteiger partial charge is 0.273 e. The third-order valence-electron chi connectivity index (χ3n) is 6.77. The molecule has 0 saturated heterocycles. The molecule has 1 N–H and O–H groups in total. The quantitative estimate of drug-likeness (QED) is 0.0976. The summed E-state index contributed by atoms with van der Waals surface area (Å²) in [6.07, 6.45) is 4.08. The van der Waals surface area contributed by atoms with Gasteiger partial charge in [0, 0.05) is 36.4 Å². The van der Waals surface area contributed by atoms with Crippen LogP contribution in [0, 0.1) is 13.8 Å². The highest BCUT2D eigenvalue weighted by molar-refractivity contribution is 8.06. The minimum absolute atomic E-state index is 0.209. The van der Waals surface area contributed by atoms with Crippen molar-refractivity contribution in [1.29, 1.82) is 0 Å². The molecule has 0 bridgehead atoms. The summed E-state index contributed by atoms with van der Waals surface area (Å²) < 4.78 is 15.7. The molecule has 0 spiro atoms. The van der Waals surface area contributed by atoms with Gasteiger partial charge in [0.25, 0.3) is 5.91 Å². The van der Waals surface area contributed by atoms with Crippen LogP contribution in [-0.4, -0.2) is 40.7 Å². The number of aromatic nitrogens is 4. The zero-order valence-corrected chi connectivity index (χ0v) is 26.4. The van der Waals surface area contributed by atoms with E-state index < -0.39 is 0 Å². The first-order valence-electron chi connectivity index (χ1n) is 14.0. The zero-order valence-electron chi connectivity index (χ0n) is 24.1. The van der Waals surface area contributed by atoms with Crippen LogP contribution in [0.25, 0.3) is 23.1 Å². The van der Waals surface area contributed by atoms with E-state index in [1.165, 1.54) is 0 Å². The highest BCUT2D eigenvalue weighted by atomic mass is 32.3. The summed E-state index contributed by atoms with van der Waals surface area (Å²) in [5.74, 6) is 1.06. The highest BCUT2D eigenvalue weighted by Crippen LogP contribution is 2.31. The molecule has 42 heavy (non-hydrogen) atoms. The molecule has 0 aliphatic heterocycles. The van der Waals surface area contributed by atoms with Gasteiger partial charge in [0.2, 0.25) is 0 Å². The molecule has 2 heterocycles. The SMILES string of the molecule is CCn1nc(C)cc1C(=O)Nc1cc(Oc2ccc3c(C=Cc4ccccc4)nn(COCC[SiH2]S)c3c2)ccc1C. The Bertz CT molecular complexity index is 1710. The molecule has 2 aromatic heterocycles. The first-order valence-corrected chi connectivity index (χ1v) is 17.5. The highest BCUT2D eigenvalue weighted by Gasteiger charge is 2.16. The molecule has 0 aliphatic rings. The number of rotatable bonds is 12. The summed E-state index contributed by atoms with van der Waals surface area (Å²) in [4.78, 5) is 13.0. The molecule has 10 heteroatoms. The molecule has 216 valence electrons. The first-order chi connectivity index (χ1) is 20.4. The third-order valence-corrected chi connectivity index (χ3v) is 8.33. The average molecular weight is 598 g/mol. The summed E-state index contributed by atoms with van der Waals surface area (Å²) in [5, 5.41) is 13.2. The third kappa shape index (κ3) is 7.01. The van der Waals surface area contributed by atoms with E-state index in [9.17, 15) is 4.79 Å². The Hall–Kier alpha value is -4.12. The molecule has 0 saturated carbocycles. The van der Waals surface area contributed by atoms with Crippen molar-refractivity contribution in [1.82, 2.24) is 19.6 Å². The Morgan fingerprint density at radius 2 is 1.76 bits per heavy atom. The van der Waals surface area contributed by atoms with E-state index in [-0.39, 0.29) is 14.6 Å². The number of benzene rings is 3. The number of ether oxygens (including phenoxy) is 2. The molecular weight excluding hydrogens is 563 g/mol. The number of thiol groups is 1. The molecule has 3 aromatic carbocycles. The van der Waals surface area contributed by atoms with Crippen molar-refractivity contribution in [3.8, 4) is 11.5 Å². The van der Waals surface area contributed by atoms with Gasteiger partial charge in [0.15, 0.2) is 0 Å². The average Bonchev–Trinajstić information content (AvgIpc) is 3.56. The van der Waals surface area contributed by atoms with Crippen molar-refractivity contribution in [2.24, 2.45) is 0 Å². The van der Waals surface area contributed by atoms with Crippen LogP contribution >= 0.6 is 12.1 Å². The minimum atomic E-state index is -0.353. The normalized spacial score (nSPS) is 11.7. The second kappa shape index (κ2) is 13.7. The number of hydrogen-bond donors (Lipinski definition) is 2. The van der Waals surface area contributed by atoms with Gasteiger partial charge < -0.3 is 14.8 Å². The Morgan fingerprint density at radius 3 is 2.55 bits per heavy atom. The molecule has 1 amide bonds. The number of carbonyl (C=O) groups is 1. The molecule has 0 radical (unpaired) electrons. The van der Waals surface area contributed by atoms with Crippen LogP contribution < -0.4 is 10.1 Å². The predicted molar refractivity (Wildman–Crippen MR) is 175 cm³/mol. The number of amides is 1. The lowest BCUT2D eigenvalue weighted by molar-refractivity contribution is 0.0824. The summed E-state index contributed by atoms with van der Waals surface area (Å²) in [7, 11) is -0.353. The van der Waals surface area contributed by atoms with Crippen molar-refractivity contribution in [2.45, 2.75) is 40.1 Å². The number of carbonyl (C=O) groups excluding carboxylic acids is 1. The number of anilines is 1. The van der Waals surface area contributed by atoms with E-state index in [0.29, 0.717) is 42.8 Å². The molecule has 0 fully saturated rings. The second-order valence-corrected chi connectivity index (χ2v) is 12.4. The minimum Gasteiger partial charge on any atom is -0.457 e. The molecule has 0 unspecified atom stereocenters. The molecule has 5 rings (SSSR count). The Morgan fingerprint density at radius 1 is 0.976 bits per heavy atom. The summed E-state index contributed by atoms with van der Waals surface area (Å²) >= 11 is 4.41. The van der Waals surface area contributed by atoms with Gasteiger partial charge >= 0.3 is 0 Å². The standard InChI is InChI=1S/C32H35N5O3SSi/c1-4-36-31(18-23(3)34-36)32(38)33-29-19-25(12-10-22(29)2)40-26-13-14-27-28(15-11-24-8-6-5-7-9-24)35-37(30(27)20-26)21-39-16-17-42-41/h5-15,18-20,41H,4,16-17,21,42H2,1-3H3,(H,33,38). The monoisotopic (exact) mass is 597 g/mol. The van der Waals surface area contributed by atoms with Crippen LogP contribution in [0.2, 0.25) is 6.04 Å². The fourth-order valence-corrected chi connectivity index (χ4v) is 5.33. The van der Waals surface area contributed by atoms with Crippen molar-refractivity contribution < 1.29 is 14.3 Å². The maximum absolute atomic E-state index is 13.0. The second-order valence-electron chi connectivity index (χ2n) is 9.94. The van der Waals surface area contributed by atoms with Crippen LogP contribution in [0.15, 0.2) is 72.8 Å². The van der Waals surface area contributed by atoms with Gasteiger partial charge in [-0.25, -0.2) is 16.8 Å². The van der Waals surface area contributed by atoms with Gasteiger partial charge in [-0.15, -0.1) is 0 Å². The van der Waals surface area contributed by atoms with E-state index in [0.717, 1.165) is 39.5 Å². The van der Waals surface area contributed by atoms with Crippen molar-refractivity contribution in [3.63, 3.8) is 0 Å². The number of hydrogen-bond acceptors (Lipinski definition) is 6. The number of nitrogens with one attached hydrogen (secondary N) is 1. The Labute approximate surface area is 253 Å². The first kappa shape index (κ1) is 29.4. The molecule has 0 aliphatic carbocycles. The number of nitrogens with zero attached hydrogens (tertiary/aromatic N) is 4. The molecule has 5 aromatic rings. The van der Waals surface area contributed by atoms with E-state index in [2.05, 4.69) is 40.7 Å². The fourth-order valence-electron chi connectivity index (χ4n) is 4.61. The number of aryl methyl sites for hydroxylation is 3. The summed E-state index contributed by atoms with van der Waals surface area (Å²) in [6, 6.07) is 24.5. The summed E-state index contributed by atoms with van der Waals surface area (Å²) in [5.41, 5.74) is 5.81. The van der Waals surface area contributed by atoms with Crippen LogP contribution in [0.5, 0.6) is 11.5 Å². The van der Waals surface area contributed by atoms with E-state index in [1.807, 2.05) is 86.1 Å². The van der Waals surface area contributed by atoms with Crippen LogP contribution in [-0.2, 0) is 18.0 Å². The Kier molecular flexibility index (Phi) is 9.58. The summed E-state index contributed by atoms with van der Waals surface area (Å²) in [6.45, 7) is 7.42. The Balaban J connectivity index is 1.40. The zero-order chi connectivity index (χ0) is 29.5. The van der Waals surface area contributed by atoms with Gasteiger partial charge in [-0.05, 0) is 68.3 Å². The van der Waals surface area contributed by atoms with Gasteiger partial charge in [0.05, 0.1) is 25.6 Å². The van der Waals surface area contributed by atoms with Crippen molar-refractivity contribution in [2.75, 3.05) is 11.9 Å². The van der Waals surface area contributed by atoms with E-state index in [1.54, 1.807) is 10.7 Å². The van der Waals surface area contributed by atoms with Gasteiger partial charge in [-0.1, -0.05) is 42.5 Å². The predicted octanol–water partition coefficient (Wildman–Crippen LogP) is 6.49. The lowest BCUT2D eigenvalue weighted by Gasteiger charge is -2.12. The largest absolute Gasteiger partial charge is 0.457 e. The maximum atomic E-state index is 13.0. The molecule has 8 nitrogen and oxygen atoms in total. The van der Waals surface area contributed by atoms with Crippen LogP contribution in [0.3, 0.4) is 0 Å². The molecular formula is C32H35N5O3SSi. The van der Waals surface area contributed by atoms with Crippen molar-refractivity contribution in [3.05, 3.63) is 101 Å². The van der Waals surface area contributed by atoms with Gasteiger partial charge in [-0.2, -0.15) is 10.2 Å². The fraction of sp³-hybridized carbons (Fsp3) is 0.219. The van der Waals surface area contributed by atoms with Crippen LogP contribution in [0.4, 0.5) is 5.69 Å². The van der Waals surface area contributed by atoms with Gasteiger partial charge in [-0.3, -0.25) is 9.48 Å². The topological polar surface area (TPSA) is 83.2 Å². The van der Waals surface area contributed by atoms with Crippen LogP contribution in [0.1, 0.15) is 39.9 Å². The molecule has 0 atom stereocenters. The van der Waals surface area contributed by atoms with Gasteiger partial charge in [0.1, 0.15) is 23.9 Å². The number of fused-ring (bicyclic) bond motifs is 1.